The van der Waals surface area contributed by atoms with Crippen molar-refractivity contribution in [2.75, 3.05) is 33.7 Å². The summed E-state index contributed by atoms with van der Waals surface area (Å²) in [5.74, 6) is 1.35. The number of hydrogen-bond acceptors (Lipinski definition) is 2. The smallest absolute Gasteiger partial charge is 0.256 e. The highest BCUT2D eigenvalue weighted by Crippen LogP contribution is 2.26. The Hall–Kier alpha value is -1.81. The van der Waals surface area contributed by atoms with Gasteiger partial charge in [-0.2, -0.15) is 0 Å². The standard InChI is InChI=1S/C20H29N3O/c1-15-11-16(2)13-23(12-15)20(24)18-14-22(10-9-21(3)4)19-8-6-5-7-17(18)19/h5-8,14-16H,9-13H2,1-4H3/t15-,16-/m0/s1. The summed E-state index contributed by atoms with van der Waals surface area (Å²) in [6, 6.07) is 8.26. The Morgan fingerprint density at radius 1 is 1.17 bits per heavy atom. The highest BCUT2D eigenvalue weighted by Gasteiger charge is 2.27. The van der Waals surface area contributed by atoms with Gasteiger partial charge in [0.05, 0.1) is 5.56 Å². The molecule has 0 spiro atoms. The van der Waals surface area contributed by atoms with Gasteiger partial charge in [-0.25, -0.2) is 0 Å². The molecule has 1 aromatic heterocycles. The maximum atomic E-state index is 13.2. The Balaban J connectivity index is 1.92. The van der Waals surface area contributed by atoms with Crippen LogP contribution in [0, 0.1) is 11.8 Å². The first-order valence-electron chi connectivity index (χ1n) is 8.97. The Bertz CT molecular complexity index is 709. The maximum Gasteiger partial charge on any atom is 0.256 e. The summed E-state index contributed by atoms with van der Waals surface area (Å²) < 4.78 is 2.22. The van der Waals surface area contributed by atoms with E-state index in [9.17, 15) is 4.79 Å². The van der Waals surface area contributed by atoms with Gasteiger partial charge in [-0.15, -0.1) is 0 Å². The first kappa shape index (κ1) is 17.0. The highest BCUT2D eigenvalue weighted by molar-refractivity contribution is 6.07. The second-order valence-corrected chi connectivity index (χ2v) is 7.71. The minimum absolute atomic E-state index is 0.188. The van der Waals surface area contributed by atoms with Crippen molar-refractivity contribution in [3.8, 4) is 0 Å². The van der Waals surface area contributed by atoms with Crippen LogP contribution in [0.1, 0.15) is 30.6 Å². The number of likely N-dealkylation sites (tertiary alicyclic amines) is 1. The van der Waals surface area contributed by atoms with Gasteiger partial charge in [0.2, 0.25) is 0 Å². The molecule has 1 amide bonds. The molecule has 3 rings (SSSR count). The van der Waals surface area contributed by atoms with Gasteiger partial charge in [0.15, 0.2) is 0 Å². The average molecular weight is 327 g/mol. The van der Waals surface area contributed by atoms with Crippen molar-refractivity contribution >= 4 is 16.8 Å². The van der Waals surface area contributed by atoms with E-state index in [1.54, 1.807) is 0 Å². The number of nitrogens with zero attached hydrogens (tertiary/aromatic N) is 3. The molecule has 4 nitrogen and oxygen atoms in total. The number of likely N-dealkylation sites (N-methyl/N-ethyl adjacent to an activating group) is 1. The molecule has 1 aliphatic rings. The molecule has 1 fully saturated rings. The topological polar surface area (TPSA) is 28.5 Å². The molecule has 4 heteroatoms. The van der Waals surface area contributed by atoms with Crippen molar-refractivity contribution in [3.05, 3.63) is 36.0 Å². The Morgan fingerprint density at radius 3 is 2.50 bits per heavy atom. The molecule has 1 saturated heterocycles. The fourth-order valence-corrected chi connectivity index (χ4v) is 3.91. The lowest BCUT2D eigenvalue weighted by atomic mass is 9.91. The summed E-state index contributed by atoms with van der Waals surface area (Å²) in [7, 11) is 4.16. The summed E-state index contributed by atoms with van der Waals surface area (Å²) in [4.78, 5) is 17.4. The van der Waals surface area contributed by atoms with Crippen molar-refractivity contribution in [1.82, 2.24) is 14.4 Å². The van der Waals surface area contributed by atoms with Crippen LogP contribution in [0.2, 0.25) is 0 Å². The van der Waals surface area contributed by atoms with E-state index in [4.69, 9.17) is 0 Å². The third-order valence-electron chi connectivity index (χ3n) is 4.96. The van der Waals surface area contributed by atoms with E-state index in [1.807, 2.05) is 12.1 Å². The van der Waals surface area contributed by atoms with E-state index in [0.717, 1.165) is 42.6 Å². The van der Waals surface area contributed by atoms with Crippen LogP contribution in [0.3, 0.4) is 0 Å². The number of piperidine rings is 1. The molecular formula is C20H29N3O. The number of benzene rings is 1. The van der Waals surface area contributed by atoms with E-state index in [-0.39, 0.29) is 5.91 Å². The van der Waals surface area contributed by atoms with Gasteiger partial charge >= 0.3 is 0 Å². The zero-order chi connectivity index (χ0) is 17.3. The number of fused-ring (bicyclic) bond motifs is 1. The summed E-state index contributed by atoms with van der Waals surface area (Å²) in [5, 5.41) is 1.08. The molecule has 2 heterocycles. The van der Waals surface area contributed by atoms with Crippen LogP contribution in [-0.2, 0) is 6.54 Å². The summed E-state index contributed by atoms with van der Waals surface area (Å²) in [6.45, 7) is 8.10. The Labute approximate surface area is 145 Å². The van der Waals surface area contributed by atoms with Crippen LogP contribution >= 0.6 is 0 Å². The molecular weight excluding hydrogens is 298 g/mol. The zero-order valence-corrected chi connectivity index (χ0v) is 15.3. The van der Waals surface area contributed by atoms with E-state index in [2.05, 4.69) is 60.6 Å². The summed E-state index contributed by atoms with van der Waals surface area (Å²) in [6.07, 6.45) is 3.27. The van der Waals surface area contributed by atoms with Gasteiger partial charge in [0.25, 0.3) is 5.91 Å². The predicted molar refractivity (Wildman–Crippen MR) is 99.3 cm³/mol. The van der Waals surface area contributed by atoms with Gasteiger partial charge in [-0.3, -0.25) is 4.79 Å². The molecule has 2 aromatic rings. The quantitative estimate of drug-likeness (QED) is 0.862. The van der Waals surface area contributed by atoms with E-state index < -0.39 is 0 Å². The highest BCUT2D eigenvalue weighted by atomic mass is 16.2. The summed E-state index contributed by atoms with van der Waals surface area (Å²) >= 11 is 0. The van der Waals surface area contributed by atoms with Crippen molar-refractivity contribution in [2.24, 2.45) is 11.8 Å². The van der Waals surface area contributed by atoms with Crippen LogP contribution in [0.5, 0.6) is 0 Å². The average Bonchev–Trinajstić information content (AvgIpc) is 2.90. The molecule has 0 aliphatic carbocycles. The second-order valence-electron chi connectivity index (χ2n) is 7.71. The molecule has 1 aromatic carbocycles. The first-order chi connectivity index (χ1) is 11.5. The maximum absolute atomic E-state index is 13.2. The minimum atomic E-state index is 0.188. The Kier molecular flexibility index (Phi) is 4.95. The van der Waals surface area contributed by atoms with Gasteiger partial charge in [-0.1, -0.05) is 32.0 Å². The lowest BCUT2D eigenvalue weighted by Crippen LogP contribution is -2.42. The predicted octanol–water partition coefficient (Wildman–Crippen LogP) is 3.32. The molecule has 0 bridgehead atoms. The van der Waals surface area contributed by atoms with Crippen molar-refractivity contribution in [1.29, 1.82) is 0 Å². The number of hydrogen-bond donors (Lipinski definition) is 0. The fraction of sp³-hybridized carbons (Fsp3) is 0.550. The minimum Gasteiger partial charge on any atom is -0.345 e. The van der Waals surface area contributed by atoms with Gasteiger partial charge in [-0.05, 0) is 38.4 Å². The molecule has 0 unspecified atom stereocenters. The normalized spacial score (nSPS) is 21.6. The number of amides is 1. The Morgan fingerprint density at radius 2 is 1.83 bits per heavy atom. The number of aromatic nitrogens is 1. The molecule has 0 radical (unpaired) electrons. The van der Waals surface area contributed by atoms with Crippen LogP contribution in [0.25, 0.3) is 10.9 Å². The van der Waals surface area contributed by atoms with Crippen molar-refractivity contribution < 1.29 is 4.79 Å². The third kappa shape index (κ3) is 3.48. The number of para-hydroxylation sites is 1. The monoisotopic (exact) mass is 327 g/mol. The molecule has 0 saturated carbocycles. The molecule has 24 heavy (non-hydrogen) atoms. The fourth-order valence-electron chi connectivity index (χ4n) is 3.91. The number of rotatable bonds is 4. The van der Waals surface area contributed by atoms with Crippen LogP contribution in [0.15, 0.2) is 30.5 Å². The van der Waals surface area contributed by atoms with E-state index in [1.165, 1.54) is 6.42 Å². The van der Waals surface area contributed by atoms with Gasteiger partial charge < -0.3 is 14.4 Å². The lowest BCUT2D eigenvalue weighted by molar-refractivity contribution is 0.0625. The van der Waals surface area contributed by atoms with Crippen LogP contribution < -0.4 is 0 Å². The van der Waals surface area contributed by atoms with E-state index >= 15 is 0 Å². The number of carbonyl (C=O) groups excluding carboxylic acids is 1. The lowest BCUT2D eigenvalue weighted by Gasteiger charge is -2.35. The SMILES string of the molecule is C[C@H]1C[C@H](C)CN(C(=O)c2cn(CCN(C)C)c3ccccc23)C1. The molecule has 0 N–H and O–H groups in total. The molecule has 2 atom stereocenters. The van der Waals surface area contributed by atoms with Crippen molar-refractivity contribution in [3.63, 3.8) is 0 Å². The molecule has 1 aliphatic heterocycles. The van der Waals surface area contributed by atoms with E-state index in [0.29, 0.717) is 11.8 Å². The molecule has 130 valence electrons. The summed E-state index contributed by atoms with van der Waals surface area (Å²) in [5.41, 5.74) is 2.01. The zero-order valence-electron chi connectivity index (χ0n) is 15.3. The second kappa shape index (κ2) is 6.98. The first-order valence-corrected chi connectivity index (χ1v) is 8.97. The van der Waals surface area contributed by atoms with Crippen LogP contribution in [-0.4, -0.2) is 54.0 Å². The largest absolute Gasteiger partial charge is 0.345 e. The third-order valence-corrected chi connectivity index (χ3v) is 4.96. The van der Waals surface area contributed by atoms with Crippen LogP contribution in [0.4, 0.5) is 0 Å². The van der Waals surface area contributed by atoms with Gasteiger partial charge in [0.1, 0.15) is 0 Å². The van der Waals surface area contributed by atoms with Gasteiger partial charge in [0, 0.05) is 43.3 Å². The van der Waals surface area contributed by atoms with Crippen molar-refractivity contribution in [2.45, 2.75) is 26.8 Å². The number of carbonyl (C=O) groups is 1.